The van der Waals surface area contributed by atoms with E-state index in [-0.39, 0.29) is 5.91 Å². The highest BCUT2D eigenvalue weighted by atomic mass is 16.5. The Morgan fingerprint density at radius 1 is 1.05 bits per heavy atom. The summed E-state index contributed by atoms with van der Waals surface area (Å²) in [6.45, 7) is 10.4. The molecule has 0 radical (unpaired) electrons. The molecule has 110 valence electrons. The van der Waals surface area contributed by atoms with Gasteiger partial charge >= 0.3 is 0 Å². The van der Waals surface area contributed by atoms with E-state index in [1.54, 1.807) is 0 Å². The van der Waals surface area contributed by atoms with Crippen LogP contribution < -0.4 is 10.6 Å². The normalized spacial score (nSPS) is 22.3. The van der Waals surface area contributed by atoms with E-state index in [1.807, 2.05) is 0 Å². The van der Waals surface area contributed by atoms with Crippen molar-refractivity contribution in [2.45, 2.75) is 6.42 Å². The average molecular weight is 270 g/mol. The van der Waals surface area contributed by atoms with E-state index in [0.29, 0.717) is 6.42 Å². The maximum atomic E-state index is 11.7. The number of carbonyl (C=O) groups excluding carboxylic acids is 1. The number of ether oxygens (including phenoxy) is 1. The van der Waals surface area contributed by atoms with Crippen molar-refractivity contribution in [3.63, 3.8) is 0 Å². The second-order valence-electron chi connectivity index (χ2n) is 5.15. The van der Waals surface area contributed by atoms with E-state index in [0.717, 1.165) is 72.1 Å². The zero-order valence-electron chi connectivity index (χ0n) is 11.7. The van der Waals surface area contributed by atoms with Crippen LogP contribution in [-0.2, 0) is 9.53 Å². The number of hydrogen-bond acceptors (Lipinski definition) is 5. The molecular formula is C13H26N4O2. The van der Waals surface area contributed by atoms with Crippen molar-refractivity contribution in [3.05, 3.63) is 0 Å². The summed E-state index contributed by atoms with van der Waals surface area (Å²) in [7, 11) is 0. The fourth-order valence-electron chi connectivity index (χ4n) is 2.46. The Balaban J connectivity index is 1.49. The summed E-state index contributed by atoms with van der Waals surface area (Å²) in [5, 5.41) is 6.32. The number of hydrogen-bond donors (Lipinski definition) is 2. The van der Waals surface area contributed by atoms with Crippen LogP contribution >= 0.6 is 0 Å². The van der Waals surface area contributed by atoms with Crippen LogP contribution in [0.4, 0.5) is 0 Å². The minimum absolute atomic E-state index is 0.173. The van der Waals surface area contributed by atoms with Gasteiger partial charge in [0, 0.05) is 65.3 Å². The molecule has 6 heteroatoms. The SMILES string of the molecule is O=C(CCN1CCNCC1)NCCN1CCOCC1. The first kappa shape index (κ1) is 14.7. The minimum atomic E-state index is 0.173. The number of nitrogens with zero attached hydrogens (tertiary/aromatic N) is 2. The number of amides is 1. The lowest BCUT2D eigenvalue weighted by molar-refractivity contribution is -0.121. The van der Waals surface area contributed by atoms with Crippen LogP contribution in [-0.4, -0.2) is 87.8 Å². The van der Waals surface area contributed by atoms with Crippen molar-refractivity contribution < 1.29 is 9.53 Å². The summed E-state index contributed by atoms with van der Waals surface area (Å²) < 4.78 is 5.29. The van der Waals surface area contributed by atoms with Crippen molar-refractivity contribution in [2.24, 2.45) is 0 Å². The molecule has 0 aromatic rings. The van der Waals surface area contributed by atoms with Gasteiger partial charge in [-0.1, -0.05) is 0 Å². The van der Waals surface area contributed by atoms with Gasteiger partial charge in [0.15, 0.2) is 0 Å². The third kappa shape index (κ3) is 5.86. The molecule has 2 rings (SSSR count). The maximum Gasteiger partial charge on any atom is 0.221 e. The molecule has 1 amide bonds. The van der Waals surface area contributed by atoms with Crippen LogP contribution in [0.25, 0.3) is 0 Å². The van der Waals surface area contributed by atoms with E-state index in [4.69, 9.17) is 4.74 Å². The van der Waals surface area contributed by atoms with E-state index >= 15 is 0 Å². The molecule has 0 aliphatic carbocycles. The van der Waals surface area contributed by atoms with Crippen molar-refractivity contribution in [1.29, 1.82) is 0 Å². The van der Waals surface area contributed by atoms with Gasteiger partial charge in [0.2, 0.25) is 5.91 Å². The average Bonchev–Trinajstić information content (AvgIpc) is 2.47. The van der Waals surface area contributed by atoms with Crippen LogP contribution in [0, 0.1) is 0 Å². The second-order valence-corrected chi connectivity index (χ2v) is 5.15. The highest BCUT2D eigenvalue weighted by Crippen LogP contribution is 1.96. The Morgan fingerprint density at radius 2 is 1.74 bits per heavy atom. The maximum absolute atomic E-state index is 11.7. The fraction of sp³-hybridized carbons (Fsp3) is 0.923. The molecular weight excluding hydrogens is 244 g/mol. The van der Waals surface area contributed by atoms with Gasteiger partial charge in [0.25, 0.3) is 0 Å². The van der Waals surface area contributed by atoms with E-state index in [1.165, 1.54) is 0 Å². The first-order valence-electron chi connectivity index (χ1n) is 7.34. The van der Waals surface area contributed by atoms with Crippen LogP contribution in [0.15, 0.2) is 0 Å². The van der Waals surface area contributed by atoms with Gasteiger partial charge in [-0.05, 0) is 0 Å². The first-order valence-corrected chi connectivity index (χ1v) is 7.34. The third-order valence-corrected chi connectivity index (χ3v) is 3.72. The summed E-state index contributed by atoms with van der Waals surface area (Å²) >= 11 is 0. The van der Waals surface area contributed by atoms with Crippen molar-refractivity contribution in [2.75, 3.05) is 72.1 Å². The molecule has 19 heavy (non-hydrogen) atoms. The summed E-state index contributed by atoms with van der Waals surface area (Å²) in [5.74, 6) is 0.173. The first-order chi connectivity index (χ1) is 9.34. The molecule has 2 aliphatic heterocycles. The van der Waals surface area contributed by atoms with Crippen LogP contribution in [0.5, 0.6) is 0 Å². The molecule has 0 saturated carbocycles. The minimum Gasteiger partial charge on any atom is -0.379 e. The number of piperazine rings is 1. The number of nitrogens with one attached hydrogen (secondary N) is 2. The predicted octanol–water partition coefficient (Wildman–Crippen LogP) is -1.27. The molecule has 6 nitrogen and oxygen atoms in total. The van der Waals surface area contributed by atoms with Crippen LogP contribution in [0.2, 0.25) is 0 Å². The van der Waals surface area contributed by atoms with Crippen LogP contribution in [0.1, 0.15) is 6.42 Å². The topological polar surface area (TPSA) is 56.8 Å². The third-order valence-electron chi connectivity index (χ3n) is 3.72. The van der Waals surface area contributed by atoms with Gasteiger partial charge in [0.05, 0.1) is 13.2 Å². The molecule has 2 fully saturated rings. The van der Waals surface area contributed by atoms with Gasteiger partial charge in [-0.25, -0.2) is 0 Å². The summed E-state index contributed by atoms with van der Waals surface area (Å²) in [6.07, 6.45) is 0.614. The van der Waals surface area contributed by atoms with Gasteiger partial charge < -0.3 is 20.3 Å². The Bertz CT molecular complexity index is 263. The molecule has 0 atom stereocenters. The van der Waals surface area contributed by atoms with E-state index in [9.17, 15) is 4.79 Å². The lowest BCUT2D eigenvalue weighted by Gasteiger charge is -2.27. The zero-order valence-corrected chi connectivity index (χ0v) is 11.7. The largest absolute Gasteiger partial charge is 0.379 e. The smallest absolute Gasteiger partial charge is 0.221 e. The Labute approximate surface area is 115 Å². The summed E-state index contributed by atoms with van der Waals surface area (Å²) in [4.78, 5) is 16.4. The second kappa shape index (κ2) is 8.47. The highest BCUT2D eigenvalue weighted by Gasteiger charge is 2.12. The molecule has 0 unspecified atom stereocenters. The monoisotopic (exact) mass is 270 g/mol. The molecule has 2 N–H and O–H groups in total. The van der Waals surface area contributed by atoms with E-state index < -0.39 is 0 Å². The quantitative estimate of drug-likeness (QED) is 0.630. The van der Waals surface area contributed by atoms with Gasteiger partial charge in [0.1, 0.15) is 0 Å². The zero-order chi connectivity index (χ0) is 13.3. The molecule has 2 saturated heterocycles. The van der Waals surface area contributed by atoms with Gasteiger partial charge in [-0.15, -0.1) is 0 Å². The Morgan fingerprint density at radius 3 is 2.47 bits per heavy atom. The molecule has 0 spiro atoms. The fourth-order valence-corrected chi connectivity index (χ4v) is 2.46. The molecule has 0 bridgehead atoms. The summed E-state index contributed by atoms with van der Waals surface area (Å²) in [5.41, 5.74) is 0. The highest BCUT2D eigenvalue weighted by molar-refractivity contribution is 5.76. The molecule has 0 aromatic carbocycles. The van der Waals surface area contributed by atoms with Crippen molar-refractivity contribution >= 4 is 5.91 Å². The summed E-state index contributed by atoms with van der Waals surface area (Å²) in [6, 6.07) is 0. The van der Waals surface area contributed by atoms with Gasteiger partial charge in [-0.3, -0.25) is 9.69 Å². The molecule has 2 heterocycles. The molecule has 2 aliphatic rings. The Kier molecular flexibility index (Phi) is 6.56. The standard InChI is InChI=1S/C13H26N4O2/c18-13(1-5-16-6-2-14-3-7-16)15-4-8-17-9-11-19-12-10-17/h14H,1-12H2,(H,15,18). The number of rotatable bonds is 6. The molecule has 0 aromatic heterocycles. The van der Waals surface area contributed by atoms with Gasteiger partial charge in [-0.2, -0.15) is 0 Å². The Hall–Kier alpha value is -0.690. The number of morpholine rings is 1. The lowest BCUT2D eigenvalue weighted by Crippen LogP contribution is -2.45. The van der Waals surface area contributed by atoms with E-state index in [2.05, 4.69) is 20.4 Å². The van der Waals surface area contributed by atoms with Crippen LogP contribution in [0.3, 0.4) is 0 Å². The van der Waals surface area contributed by atoms with Crippen molar-refractivity contribution in [3.8, 4) is 0 Å². The predicted molar refractivity (Wildman–Crippen MR) is 74.2 cm³/mol. The lowest BCUT2D eigenvalue weighted by atomic mass is 10.3. The number of carbonyl (C=O) groups is 1. The van der Waals surface area contributed by atoms with Crippen molar-refractivity contribution in [1.82, 2.24) is 20.4 Å².